The van der Waals surface area contributed by atoms with Gasteiger partial charge in [-0.1, -0.05) is 45.1 Å². The van der Waals surface area contributed by atoms with Crippen LogP contribution in [-0.4, -0.2) is 59.0 Å². The average Bonchev–Trinajstić information content (AvgIpc) is 3.47. The minimum absolute atomic E-state index is 0.0492. The summed E-state index contributed by atoms with van der Waals surface area (Å²) >= 11 is 0. The number of carbonyl (C=O) groups excluding carboxylic acids is 2. The lowest BCUT2D eigenvalue weighted by molar-refractivity contribution is 0.0464. The summed E-state index contributed by atoms with van der Waals surface area (Å²) < 4.78 is 18.3. The third-order valence-electron chi connectivity index (χ3n) is 6.58. The monoisotopic (exact) mass is 553 g/mol. The molecule has 1 aromatic carbocycles. The van der Waals surface area contributed by atoms with E-state index in [0.717, 1.165) is 31.7 Å². The van der Waals surface area contributed by atoms with Gasteiger partial charge in [0, 0.05) is 31.8 Å². The van der Waals surface area contributed by atoms with Gasteiger partial charge in [0.25, 0.3) is 5.91 Å². The molecule has 2 aromatic heterocycles. The van der Waals surface area contributed by atoms with Crippen LogP contribution in [0.15, 0.2) is 34.9 Å². The molecule has 0 unspecified atom stereocenters. The number of rotatable bonds is 14. The van der Waals surface area contributed by atoms with Crippen LogP contribution in [0.1, 0.15) is 60.7 Å². The maximum Gasteiger partial charge on any atom is 0.375 e. The van der Waals surface area contributed by atoms with Gasteiger partial charge in [-0.25, -0.2) is 19.4 Å². The molecular weight excluding hydrogens is 514 g/mol. The highest BCUT2D eigenvalue weighted by molar-refractivity contribution is 6.76. The molecule has 0 spiro atoms. The number of oxazole rings is 1. The highest BCUT2D eigenvalue weighted by atomic mass is 28.3. The molecular formula is C28H39N5O5Si. The van der Waals surface area contributed by atoms with Crippen molar-refractivity contribution in [1.82, 2.24) is 25.1 Å². The minimum atomic E-state index is -1.25. The second kappa shape index (κ2) is 12.7. The van der Waals surface area contributed by atoms with E-state index in [2.05, 4.69) is 40.0 Å². The zero-order chi connectivity index (χ0) is 28.0. The average molecular weight is 554 g/mol. The van der Waals surface area contributed by atoms with E-state index in [1.165, 1.54) is 10.9 Å². The highest BCUT2D eigenvalue weighted by Crippen LogP contribution is 2.32. The number of nitrogens with zero attached hydrogens (tertiary/aromatic N) is 4. The minimum Gasteiger partial charge on any atom is -0.460 e. The van der Waals surface area contributed by atoms with Gasteiger partial charge in [-0.3, -0.25) is 4.79 Å². The van der Waals surface area contributed by atoms with Gasteiger partial charge in [0.2, 0.25) is 17.5 Å². The van der Waals surface area contributed by atoms with E-state index in [1.807, 2.05) is 38.1 Å². The smallest absolute Gasteiger partial charge is 0.375 e. The Morgan fingerprint density at radius 1 is 1.21 bits per heavy atom. The Bertz CT molecular complexity index is 1280. The first-order valence-electron chi connectivity index (χ1n) is 13.7. The van der Waals surface area contributed by atoms with Crippen LogP contribution in [0, 0.1) is 5.92 Å². The summed E-state index contributed by atoms with van der Waals surface area (Å²) in [6, 6.07) is 8.42. The number of aromatic nitrogens is 4. The number of esters is 1. The van der Waals surface area contributed by atoms with E-state index < -0.39 is 14.0 Å². The maximum absolute atomic E-state index is 13.1. The van der Waals surface area contributed by atoms with Crippen molar-refractivity contribution < 1.29 is 23.5 Å². The first kappa shape index (κ1) is 28.7. The number of ether oxygens (including phenoxy) is 2. The van der Waals surface area contributed by atoms with E-state index in [1.54, 1.807) is 0 Å². The van der Waals surface area contributed by atoms with Gasteiger partial charge in [-0.15, -0.1) is 5.10 Å². The summed E-state index contributed by atoms with van der Waals surface area (Å²) in [5, 5.41) is 7.69. The van der Waals surface area contributed by atoms with Gasteiger partial charge in [0.1, 0.15) is 6.73 Å². The molecule has 0 aliphatic heterocycles. The first-order valence-corrected chi connectivity index (χ1v) is 17.4. The van der Waals surface area contributed by atoms with Crippen LogP contribution >= 0.6 is 0 Å². The SMILES string of the molecule is CCCCOC(=O)c1cnc(-c2cccc(-c3nc(C(=O)N[C@@H](C)C4CC4)n(COCC[Si](C)(C)C)n3)c2)o1. The van der Waals surface area contributed by atoms with E-state index in [-0.39, 0.29) is 36.2 Å². The molecule has 10 nitrogen and oxygen atoms in total. The second-order valence-corrected chi connectivity index (χ2v) is 16.9. The molecule has 3 aromatic rings. The summed E-state index contributed by atoms with van der Waals surface area (Å²) in [5.74, 6) is 0.646. The molecule has 1 atom stereocenters. The lowest BCUT2D eigenvalue weighted by atomic mass is 10.1. The Kier molecular flexibility index (Phi) is 9.34. The van der Waals surface area contributed by atoms with Crippen molar-refractivity contribution in [2.45, 2.75) is 78.0 Å². The quantitative estimate of drug-likeness (QED) is 0.160. The van der Waals surface area contributed by atoms with Crippen molar-refractivity contribution in [3.8, 4) is 22.8 Å². The van der Waals surface area contributed by atoms with Crippen LogP contribution in [0.25, 0.3) is 22.8 Å². The summed E-state index contributed by atoms with van der Waals surface area (Å²) in [7, 11) is -1.25. The molecule has 4 rings (SSSR count). The summed E-state index contributed by atoms with van der Waals surface area (Å²) in [4.78, 5) is 34.2. The van der Waals surface area contributed by atoms with Gasteiger partial charge in [-0.05, 0) is 50.3 Å². The number of benzene rings is 1. The van der Waals surface area contributed by atoms with Crippen molar-refractivity contribution in [2.75, 3.05) is 13.2 Å². The van der Waals surface area contributed by atoms with Crippen molar-refractivity contribution in [3.63, 3.8) is 0 Å². The topological polar surface area (TPSA) is 121 Å². The molecule has 39 heavy (non-hydrogen) atoms. The third kappa shape index (κ3) is 8.09. The van der Waals surface area contributed by atoms with Crippen LogP contribution < -0.4 is 5.32 Å². The maximum atomic E-state index is 13.1. The van der Waals surface area contributed by atoms with Crippen molar-refractivity contribution >= 4 is 20.0 Å². The lowest BCUT2D eigenvalue weighted by Crippen LogP contribution is -2.36. The van der Waals surface area contributed by atoms with Crippen LogP contribution in [-0.2, 0) is 16.2 Å². The number of hydrogen-bond donors (Lipinski definition) is 1. The summed E-state index contributed by atoms with van der Waals surface area (Å²) in [6.07, 6.45) is 5.34. The Balaban J connectivity index is 1.53. The Labute approximate surface area is 230 Å². The predicted octanol–water partition coefficient (Wildman–Crippen LogP) is 5.40. The Morgan fingerprint density at radius 2 is 1.97 bits per heavy atom. The zero-order valence-corrected chi connectivity index (χ0v) is 24.5. The lowest BCUT2D eigenvalue weighted by Gasteiger charge is -2.16. The van der Waals surface area contributed by atoms with Gasteiger partial charge in [0.05, 0.1) is 12.8 Å². The number of nitrogens with one attached hydrogen (secondary N) is 1. The predicted molar refractivity (Wildman–Crippen MR) is 150 cm³/mol. The zero-order valence-electron chi connectivity index (χ0n) is 23.5. The molecule has 0 bridgehead atoms. The first-order chi connectivity index (χ1) is 18.6. The number of hydrogen-bond acceptors (Lipinski definition) is 8. The summed E-state index contributed by atoms with van der Waals surface area (Å²) in [6.45, 7) is 12.0. The molecule has 1 N–H and O–H groups in total. The Hall–Kier alpha value is -3.31. The van der Waals surface area contributed by atoms with E-state index >= 15 is 0 Å². The standard InChI is InChI=1S/C28H39N5O5Si/c1-6-7-13-37-28(35)23-17-29-27(38-23)22-10-8-9-21(16-22)24-31-25(26(34)30-19(2)20-11-12-20)33(32-24)18-36-14-15-39(3,4)5/h8-10,16-17,19-20H,6-7,11-15,18H2,1-5H3,(H,30,34)/t19-/m0/s1. The third-order valence-corrected chi connectivity index (χ3v) is 8.28. The van der Waals surface area contributed by atoms with Gasteiger partial charge < -0.3 is 19.2 Å². The normalized spacial score (nSPS) is 14.3. The van der Waals surface area contributed by atoms with Crippen LogP contribution in [0.5, 0.6) is 0 Å². The molecule has 0 saturated heterocycles. The van der Waals surface area contributed by atoms with Crippen molar-refractivity contribution in [3.05, 3.63) is 42.0 Å². The van der Waals surface area contributed by atoms with Crippen molar-refractivity contribution in [2.24, 2.45) is 5.92 Å². The van der Waals surface area contributed by atoms with E-state index in [9.17, 15) is 9.59 Å². The second-order valence-electron chi connectivity index (χ2n) is 11.3. The fourth-order valence-electron chi connectivity index (χ4n) is 3.91. The number of amides is 1. The van der Waals surface area contributed by atoms with Crippen LogP contribution in [0.4, 0.5) is 0 Å². The fourth-order valence-corrected chi connectivity index (χ4v) is 4.67. The van der Waals surface area contributed by atoms with Crippen LogP contribution in [0.2, 0.25) is 25.7 Å². The van der Waals surface area contributed by atoms with Crippen molar-refractivity contribution in [1.29, 1.82) is 0 Å². The molecule has 11 heteroatoms. The molecule has 1 amide bonds. The molecule has 1 saturated carbocycles. The number of carbonyl (C=O) groups is 2. The van der Waals surface area contributed by atoms with E-state index in [0.29, 0.717) is 36.1 Å². The van der Waals surface area contributed by atoms with Crippen LogP contribution in [0.3, 0.4) is 0 Å². The molecule has 210 valence electrons. The molecule has 2 heterocycles. The summed E-state index contributed by atoms with van der Waals surface area (Å²) in [5.41, 5.74) is 1.33. The molecule has 1 aliphatic rings. The molecule has 1 aliphatic carbocycles. The highest BCUT2D eigenvalue weighted by Gasteiger charge is 2.30. The number of unbranched alkanes of at least 4 members (excludes halogenated alkanes) is 1. The van der Waals surface area contributed by atoms with Gasteiger partial charge in [-0.2, -0.15) is 0 Å². The van der Waals surface area contributed by atoms with E-state index in [4.69, 9.17) is 13.9 Å². The molecule has 1 fully saturated rings. The van der Waals surface area contributed by atoms with Gasteiger partial charge in [0.15, 0.2) is 5.82 Å². The van der Waals surface area contributed by atoms with Gasteiger partial charge >= 0.3 is 5.97 Å². The fraction of sp³-hybridized carbons (Fsp3) is 0.536. The largest absolute Gasteiger partial charge is 0.460 e. The Morgan fingerprint density at radius 3 is 2.69 bits per heavy atom. The molecule has 0 radical (unpaired) electrons.